The third-order valence-corrected chi connectivity index (χ3v) is 7.68. The van der Waals surface area contributed by atoms with Crippen LogP contribution in [0.2, 0.25) is 0 Å². The molecule has 1 unspecified atom stereocenters. The molecule has 21 heavy (non-hydrogen) atoms. The molecule has 4 aliphatic rings. The molecule has 1 nitrogen and oxygen atoms in total. The number of hydrogen-bond acceptors (Lipinski definition) is 1. The van der Waals surface area contributed by atoms with E-state index in [0.29, 0.717) is 5.92 Å². The summed E-state index contributed by atoms with van der Waals surface area (Å²) >= 11 is 0. The summed E-state index contributed by atoms with van der Waals surface area (Å²) in [6.07, 6.45) is 18.3. The van der Waals surface area contributed by atoms with Crippen LogP contribution in [0.1, 0.15) is 71.1 Å². The van der Waals surface area contributed by atoms with E-state index in [1.54, 1.807) is 0 Å². The van der Waals surface area contributed by atoms with E-state index in [-0.39, 0.29) is 5.41 Å². The first-order valence-corrected chi connectivity index (χ1v) is 9.00. The SMILES string of the molecule is C#CC1(O)CC[C@H]2[C@@H]3CCC4=C(CCCC4)[C@H]3CC[C@@]21C. The van der Waals surface area contributed by atoms with E-state index in [9.17, 15) is 5.11 Å². The molecule has 0 amide bonds. The van der Waals surface area contributed by atoms with E-state index in [0.717, 1.165) is 31.1 Å². The maximum atomic E-state index is 10.9. The lowest BCUT2D eigenvalue weighted by Crippen LogP contribution is -2.50. The first-order chi connectivity index (χ1) is 10.1. The second-order valence-electron chi connectivity index (χ2n) is 8.25. The number of allylic oxidation sites excluding steroid dienone is 2. The monoisotopic (exact) mass is 284 g/mol. The zero-order chi connectivity index (χ0) is 14.7. The summed E-state index contributed by atoms with van der Waals surface area (Å²) in [5.41, 5.74) is 2.78. The first-order valence-electron chi connectivity index (χ1n) is 9.00. The van der Waals surface area contributed by atoms with Crippen molar-refractivity contribution in [2.75, 3.05) is 0 Å². The Kier molecular flexibility index (Phi) is 3.06. The van der Waals surface area contributed by atoms with Crippen molar-refractivity contribution in [1.82, 2.24) is 0 Å². The zero-order valence-electron chi connectivity index (χ0n) is 13.3. The molecule has 0 aromatic carbocycles. The predicted molar refractivity (Wildman–Crippen MR) is 85.6 cm³/mol. The molecule has 4 rings (SSSR count). The molecule has 0 saturated heterocycles. The lowest BCUT2D eigenvalue weighted by atomic mass is 9.52. The van der Waals surface area contributed by atoms with Gasteiger partial charge in [0.25, 0.3) is 0 Å². The van der Waals surface area contributed by atoms with Gasteiger partial charge in [-0.15, -0.1) is 6.42 Å². The highest BCUT2D eigenvalue weighted by molar-refractivity contribution is 5.29. The van der Waals surface area contributed by atoms with E-state index >= 15 is 0 Å². The van der Waals surface area contributed by atoms with E-state index in [1.807, 2.05) is 11.1 Å². The standard InChI is InChI=1S/C20H28O/c1-3-20(21)13-11-18-17-9-8-14-6-4-5-7-15(14)16(17)10-12-19(18,20)2/h1,16-18,21H,4-13H2,2H3/t16-,17-,18+,19+,20?/m1/s1. The van der Waals surface area contributed by atoms with Gasteiger partial charge in [0.2, 0.25) is 0 Å². The van der Waals surface area contributed by atoms with Crippen LogP contribution >= 0.6 is 0 Å². The molecule has 0 radical (unpaired) electrons. The van der Waals surface area contributed by atoms with Crippen LogP contribution in [-0.4, -0.2) is 10.7 Å². The van der Waals surface area contributed by atoms with Crippen molar-refractivity contribution in [1.29, 1.82) is 0 Å². The molecular formula is C20H28O. The van der Waals surface area contributed by atoms with Crippen molar-refractivity contribution in [2.24, 2.45) is 23.2 Å². The van der Waals surface area contributed by atoms with Crippen molar-refractivity contribution < 1.29 is 5.11 Å². The van der Waals surface area contributed by atoms with Gasteiger partial charge in [0.05, 0.1) is 0 Å². The van der Waals surface area contributed by atoms with E-state index in [2.05, 4.69) is 12.8 Å². The van der Waals surface area contributed by atoms with Gasteiger partial charge in [-0.05, 0) is 82.0 Å². The van der Waals surface area contributed by atoms with Gasteiger partial charge in [-0.3, -0.25) is 0 Å². The maximum absolute atomic E-state index is 10.9. The van der Waals surface area contributed by atoms with Gasteiger partial charge in [0.15, 0.2) is 0 Å². The quantitative estimate of drug-likeness (QED) is 0.514. The van der Waals surface area contributed by atoms with Crippen LogP contribution in [0.3, 0.4) is 0 Å². The van der Waals surface area contributed by atoms with Crippen LogP contribution in [0.4, 0.5) is 0 Å². The van der Waals surface area contributed by atoms with Gasteiger partial charge < -0.3 is 5.11 Å². The number of hydrogen-bond donors (Lipinski definition) is 1. The molecular weight excluding hydrogens is 256 g/mol. The van der Waals surface area contributed by atoms with Crippen LogP contribution in [0.5, 0.6) is 0 Å². The second-order valence-corrected chi connectivity index (χ2v) is 8.25. The average Bonchev–Trinajstić information content (AvgIpc) is 2.79. The summed E-state index contributed by atoms with van der Waals surface area (Å²) in [7, 11) is 0. The van der Waals surface area contributed by atoms with Gasteiger partial charge in [-0.25, -0.2) is 0 Å². The minimum absolute atomic E-state index is 0.0321. The van der Waals surface area contributed by atoms with Crippen molar-refractivity contribution in [3.63, 3.8) is 0 Å². The molecule has 0 aliphatic heterocycles. The third-order valence-electron chi connectivity index (χ3n) is 7.68. The third kappa shape index (κ3) is 1.75. The summed E-state index contributed by atoms with van der Waals surface area (Å²) in [6.45, 7) is 2.28. The van der Waals surface area contributed by atoms with Crippen LogP contribution in [-0.2, 0) is 0 Å². The highest BCUT2D eigenvalue weighted by Crippen LogP contribution is 2.64. The van der Waals surface area contributed by atoms with Crippen molar-refractivity contribution >= 4 is 0 Å². The Morgan fingerprint density at radius 3 is 2.71 bits per heavy atom. The van der Waals surface area contributed by atoms with Crippen LogP contribution in [0.25, 0.3) is 0 Å². The van der Waals surface area contributed by atoms with E-state index in [4.69, 9.17) is 6.42 Å². The fourth-order valence-corrected chi connectivity index (χ4v) is 6.44. The smallest absolute Gasteiger partial charge is 0.130 e. The minimum atomic E-state index is -0.843. The van der Waals surface area contributed by atoms with E-state index < -0.39 is 5.60 Å². The molecule has 1 heteroatoms. The fraction of sp³-hybridized carbons (Fsp3) is 0.800. The maximum Gasteiger partial charge on any atom is 0.130 e. The Bertz CT molecular complexity index is 524. The van der Waals surface area contributed by atoms with Crippen LogP contribution in [0, 0.1) is 35.5 Å². The Hall–Kier alpha value is -0.740. The van der Waals surface area contributed by atoms with Crippen molar-refractivity contribution in [3.05, 3.63) is 11.1 Å². The molecule has 0 heterocycles. The van der Waals surface area contributed by atoms with Gasteiger partial charge in [-0.2, -0.15) is 0 Å². The molecule has 2 fully saturated rings. The molecule has 0 aromatic heterocycles. The molecule has 2 saturated carbocycles. The number of terminal acetylenes is 1. The topological polar surface area (TPSA) is 20.2 Å². The first kappa shape index (κ1) is 13.9. The van der Waals surface area contributed by atoms with Crippen molar-refractivity contribution in [2.45, 2.75) is 76.7 Å². The number of aliphatic hydroxyl groups is 1. The highest BCUT2D eigenvalue weighted by Gasteiger charge is 2.61. The molecule has 0 aromatic rings. The summed E-state index contributed by atoms with van der Waals surface area (Å²) in [4.78, 5) is 0. The van der Waals surface area contributed by atoms with Crippen LogP contribution in [0.15, 0.2) is 11.1 Å². The molecule has 1 N–H and O–H groups in total. The molecule has 5 atom stereocenters. The Morgan fingerprint density at radius 1 is 1.10 bits per heavy atom. The normalized spacial score (nSPS) is 49.1. The van der Waals surface area contributed by atoms with Gasteiger partial charge in [0.1, 0.15) is 5.60 Å². The summed E-state index contributed by atoms with van der Waals surface area (Å²) in [5, 5.41) is 10.9. The highest BCUT2D eigenvalue weighted by atomic mass is 16.3. The lowest BCUT2D eigenvalue weighted by molar-refractivity contribution is -0.0709. The Balaban J connectivity index is 1.68. The molecule has 0 bridgehead atoms. The second kappa shape index (κ2) is 4.63. The number of fused-ring (bicyclic) bond motifs is 4. The molecule has 4 aliphatic carbocycles. The molecule has 0 spiro atoms. The summed E-state index contributed by atoms with van der Waals surface area (Å²) in [5.74, 6) is 5.04. The van der Waals surface area contributed by atoms with Gasteiger partial charge >= 0.3 is 0 Å². The van der Waals surface area contributed by atoms with E-state index in [1.165, 1.54) is 44.9 Å². The zero-order valence-corrected chi connectivity index (χ0v) is 13.3. The predicted octanol–water partition coefficient (Wildman–Crippen LogP) is 4.46. The molecule has 114 valence electrons. The van der Waals surface area contributed by atoms with Crippen LogP contribution < -0.4 is 0 Å². The van der Waals surface area contributed by atoms with Crippen molar-refractivity contribution in [3.8, 4) is 12.3 Å². The fourth-order valence-electron chi connectivity index (χ4n) is 6.44. The van der Waals surface area contributed by atoms with Gasteiger partial charge in [-0.1, -0.05) is 24.0 Å². The average molecular weight is 284 g/mol. The lowest BCUT2D eigenvalue weighted by Gasteiger charge is -2.53. The summed E-state index contributed by atoms with van der Waals surface area (Å²) < 4.78 is 0. The Morgan fingerprint density at radius 2 is 1.90 bits per heavy atom. The largest absolute Gasteiger partial charge is 0.377 e. The number of rotatable bonds is 0. The minimum Gasteiger partial charge on any atom is -0.377 e. The Labute approximate surface area is 129 Å². The van der Waals surface area contributed by atoms with Gasteiger partial charge in [0, 0.05) is 5.41 Å². The summed E-state index contributed by atoms with van der Waals surface area (Å²) in [6, 6.07) is 0.